The van der Waals surface area contributed by atoms with Gasteiger partial charge in [-0.3, -0.25) is 0 Å². The molecule has 3 aromatic rings. The van der Waals surface area contributed by atoms with E-state index in [4.69, 9.17) is 4.74 Å². The van der Waals surface area contributed by atoms with E-state index in [0.29, 0.717) is 11.8 Å². The van der Waals surface area contributed by atoms with Crippen LogP contribution in [0.25, 0.3) is 5.52 Å². The Bertz CT molecular complexity index is 734. The Morgan fingerprint density at radius 2 is 1.95 bits per heavy atom. The van der Waals surface area contributed by atoms with Crippen molar-refractivity contribution in [1.82, 2.24) is 14.6 Å². The highest BCUT2D eigenvalue weighted by atomic mass is 79.9. The largest absolute Gasteiger partial charge is 0.437 e. The Hall–Kier alpha value is -1.88. The Balaban J connectivity index is 2.00. The van der Waals surface area contributed by atoms with Crippen molar-refractivity contribution in [3.8, 4) is 11.6 Å². The molecule has 2 heterocycles. The molecule has 102 valence electrons. The van der Waals surface area contributed by atoms with Crippen LogP contribution in [0.3, 0.4) is 0 Å². The third-order valence-corrected chi connectivity index (χ3v) is 3.52. The van der Waals surface area contributed by atoms with Crippen LogP contribution in [0.2, 0.25) is 0 Å². The summed E-state index contributed by atoms with van der Waals surface area (Å²) in [5.41, 5.74) is 1.90. The smallest absolute Gasteiger partial charge is 0.245 e. The van der Waals surface area contributed by atoms with Gasteiger partial charge in [-0.05, 0) is 36.2 Å². The van der Waals surface area contributed by atoms with Crippen LogP contribution in [-0.2, 0) is 0 Å². The number of aromatic nitrogens is 3. The van der Waals surface area contributed by atoms with Crippen molar-refractivity contribution < 1.29 is 4.74 Å². The summed E-state index contributed by atoms with van der Waals surface area (Å²) in [4.78, 5) is 4.30. The molecule has 0 bridgehead atoms. The molecule has 20 heavy (non-hydrogen) atoms. The van der Waals surface area contributed by atoms with E-state index in [2.05, 4.69) is 39.9 Å². The highest BCUT2D eigenvalue weighted by Crippen LogP contribution is 2.26. The lowest BCUT2D eigenvalue weighted by molar-refractivity contribution is 0.465. The fraction of sp³-hybridized carbons (Fsp3) is 0.200. The zero-order valence-electron chi connectivity index (χ0n) is 11.2. The van der Waals surface area contributed by atoms with Crippen LogP contribution in [0.15, 0.2) is 47.2 Å². The van der Waals surface area contributed by atoms with Crippen LogP contribution < -0.4 is 4.74 Å². The van der Waals surface area contributed by atoms with E-state index < -0.39 is 0 Å². The summed E-state index contributed by atoms with van der Waals surface area (Å²) in [6.07, 6.45) is 3.52. The van der Waals surface area contributed by atoms with Gasteiger partial charge in [0, 0.05) is 16.9 Å². The first-order valence-electron chi connectivity index (χ1n) is 6.41. The molecule has 0 atom stereocenters. The van der Waals surface area contributed by atoms with E-state index in [0.717, 1.165) is 21.4 Å². The minimum absolute atomic E-state index is 0.371. The fourth-order valence-corrected chi connectivity index (χ4v) is 2.16. The van der Waals surface area contributed by atoms with E-state index in [-0.39, 0.29) is 0 Å². The molecular formula is C15H14BrN3O. The fourth-order valence-electron chi connectivity index (χ4n) is 1.89. The standard InChI is InChI=1S/C15H14BrN3O/c1-10(2)13-9-14-15(17-7-8-19(14)18-13)20-12-5-3-11(16)4-6-12/h3-10H,1-2H3. The van der Waals surface area contributed by atoms with Gasteiger partial charge < -0.3 is 4.74 Å². The lowest BCUT2D eigenvalue weighted by Gasteiger charge is -2.05. The summed E-state index contributed by atoms with van der Waals surface area (Å²) < 4.78 is 8.67. The monoisotopic (exact) mass is 331 g/mol. The van der Waals surface area contributed by atoms with Gasteiger partial charge in [-0.15, -0.1) is 0 Å². The summed E-state index contributed by atoms with van der Waals surface area (Å²) >= 11 is 3.40. The minimum Gasteiger partial charge on any atom is -0.437 e. The van der Waals surface area contributed by atoms with Crippen LogP contribution in [0.4, 0.5) is 0 Å². The average molecular weight is 332 g/mol. The van der Waals surface area contributed by atoms with Crippen molar-refractivity contribution in [2.45, 2.75) is 19.8 Å². The molecule has 0 radical (unpaired) electrons. The average Bonchev–Trinajstić information content (AvgIpc) is 2.87. The third-order valence-electron chi connectivity index (χ3n) is 2.99. The Labute approximate surface area is 125 Å². The summed E-state index contributed by atoms with van der Waals surface area (Å²) in [5, 5.41) is 4.52. The molecule has 0 saturated carbocycles. The summed E-state index contributed by atoms with van der Waals surface area (Å²) in [5.74, 6) is 1.69. The molecule has 0 spiro atoms. The zero-order chi connectivity index (χ0) is 14.1. The first-order chi connectivity index (χ1) is 9.63. The third kappa shape index (κ3) is 2.54. The number of hydrogen-bond acceptors (Lipinski definition) is 3. The topological polar surface area (TPSA) is 39.4 Å². The van der Waals surface area contributed by atoms with Crippen molar-refractivity contribution in [1.29, 1.82) is 0 Å². The highest BCUT2D eigenvalue weighted by Gasteiger charge is 2.11. The van der Waals surface area contributed by atoms with Gasteiger partial charge in [0.25, 0.3) is 0 Å². The number of fused-ring (bicyclic) bond motifs is 1. The molecule has 3 rings (SSSR count). The van der Waals surface area contributed by atoms with Crippen molar-refractivity contribution in [2.24, 2.45) is 0 Å². The predicted octanol–water partition coefficient (Wildman–Crippen LogP) is 4.41. The summed E-state index contributed by atoms with van der Waals surface area (Å²) in [6, 6.07) is 9.69. The van der Waals surface area contributed by atoms with Crippen LogP contribution >= 0.6 is 15.9 Å². The maximum absolute atomic E-state index is 5.85. The Morgan fingerprint density at radius 1 is 1.20 bits per heavy atom. The van der Waals surface area contributed by atoms with Gasteiger partial charge >= 0.3 is 0 Å². The maximum atomic E-state index is 5.85. The van der Waals surface area contributed by atoms with Gasteiger partial charge in [-0.25, -0.2) is 9.50 Å². The second kappa shape index (κ2) is 5.25. The summed E-state index contributed by atoms with van der Waals surface area (Å²) in [6.45, 7) is 4.23. The van der Waals surface area contributed by atoms with Crippen LogP contribution in [0.5, 0.6) is 11.6 Å². The van der Waals surface area contributed by atoms with Gasteiger partial charge in [0.05, 0.1) is 5.69 Å². The highest BCUT2D eigenvalue weighted by molar-refractivity contribution is 9.10. The predicted molar refractivity (Wildman–Crippen MR) is 81.3 cm³/mol. The van der Waals surface area contributed by atoms with Crippen LogP contribution in [0.1, 0.15) is 25.5 Å². The Morgan fingerprint density at radius 3 is 2.65 bits per heavy atom. The molecule has 0 fully saturated rings. The Kier molecular flexibility index (Phi) is 3.44. The van der Waals surface area contributed by atoms with Gasteiger partial charge in [0.15, 0.2) is 0 Å². The van der Waals surface area contributed by atoms with E-state index >= 15 is 0 Å². The minimum atomic E-state index is 0.371. The molecule has 0 aliphatic heterocycles. The molecule has 0 saturated heterocycles. The molecule has 0 aliphatic carbocycles. The molecule has 1 aromatic carbocycles. The molecule has 0 unspecified atom stereocenters. The molecule has 0 amide bonds. The second-order valence-corrected chi connectivity index (χ2v) is 5.76. The number of nitrogens with zero attached hydrogens (tertiary/aromatic N) is 3. The van der Waals surface area contributed by atoms with Gasteiger partial charge in [-0.1, -0.05) is 29.8 Å². The maximum Gasteiger partial charge on any atom is 0.245 e. The van der Waals surface area contributed by atoms with Crippen molar-refractivity contribution in [3.63, 3.8) is 0 Å². The van der Waals surface area contributed by atoms with Crippen LogP contribution in [-0.4, -0.2) is 14.6 Å². The lowest BCUT2D eigenvalue weighted by atomic mass is 10.1. The molecule has 2 aromatic heterocycles. The molecule has 5 heteroatoms. The van der Waals surface area contributed by atoms with Crippen LogP contribution in [0, 0.1) is 0 Å². The lowest BCUT2D eigenvalue weighted by Crippen LogP contribution is -1.94. The quantitative estimate of drug-likeness (QED) is 0.713. The van der Waals surface area contributed by atoms with Crippen molar-refractivity contribution in [2.75, 3.05) is 0 Å². The first-order valence-corrected chi connectivity index (χ1v) is 7.20. The van der Waals surface area contributed by atoms with Crippen molar-refractivity contribution in [3.05, 3.63) is 52.9 Å². The number of hydrogen-bond donors (Lipinski definition) is 0. The van der Waals surface area contributed by atoms with Gasteiger partial charge in [0.1, 0.15) is 11.3 Å². The molecular weight excluding hydrogens is 318 g/mol. The van der Waals surface area contributed by atoms with E-state index in [1.54, 1.807) is 10.7 Å². The SMILES string of the molecule is CC(C)c1cc2c(Oc3ccc(Br)cc3)nccn2n1. The van der Waals surface area contributed by atoms with Gasteiger partial charge in [0.2, 0.25) is 5.88 Å². The molecule has 0 N–H and O–H groups in total. The zero-order valence-corrected chi connectivity index (χ0v) is 12.8. The van der Waals surface area contributed by atoms with Gasteiger partial charge in [-0.2, -0.15) is 5.10 Å². The molecule has 4 nitrogen and oxygen atoms in total. The first kappa shape index (κ1) is 13.1. The van der Waals surface area contributed by atoms with E-state index in [9.17, 15) is 0 Å². The number of ether oxygens (including phenoxy) is 1. The molecule has 0 aliphatic rings. The summed E-state index contributed by atoms with van der Waals surface area (Å²) in [7, 11) is 0. The normalized spacial score (nSPS) is 11.2. The number of rotatable bonds is 3. The number of halogens is 1. The van der Waals surface area contributed by atoms with Crippen molar-refractivity contribution >= 4 is 21.4 Å². The van der Waals surface area contributed by atoms with E-state index in [1.165, 1.54) is 0 Å². The van der Waals surface area contributed by atoms with E-state index in [1.807, 2.05) is 36.5 Å². The number of benzene rings is 1. The second-order valence-electron chi connectivity index (χ2n) is 4.84.